The summed E-state index contributed by atoms with van der Waals surface area (Å²) in [6.07, 6.45) is 1.17. The minimum Gasteiger partial charge on any atom is -0.466 e. The molecular formula is C26H28N2O3. The molecule has 1 heterocycles. The van der Waals surface area contributed by atoms with Gasteiger partial charge in [0.1, 0.15) is 0 Å². The Morgan fingerprint density at radius 2 is 1.68 bits per heavy atom. The summed E-state index contributed by atoms with van der Waals surface area (Å²) in [5.74, 6) is -0.622. The number of methoxy groups -OCH3 is 1. The molecule has 0 saturated carbocycles. The van der Waals surface area contributed by atoms with E-state index in [0.717, 1.165) is 34.6 Å². The zero-order chi connectivity index (χ0) is 22.1. The Labute approximate surface area is 183 Å². The number of dihydropyridines is 1. The summed E-state index contributed by atoms with van der Waals surface area (Å²) in [7, 11) is 5.35. The second-order valence-corrected chi connectivity index (χ2v) is 8.41. The van der Waals surface area contributed by atoms with Crippen molar-refractivity contribution in [1.29, 1.82) is 0 Å². The molecule has 0 bridgehead atoms. The van der Waals surface area contributed by atoms with Crippen molar-refractivity contribution < 1.29 is 14.3 Å². The molecule has 1 aliphatic heterocycles. The highest BCUT2D eigenvalue weighted by molar-refractivity contribution is 6.04. The van der Waals surface area contributed by atoms with Gasteiger partial charge in [0.05, 0.1) is 12.7 Å². The second-order valence-electron chi connectivity index (χ2n) is 8.41. The molecule has 2 unspecified atom stereocenters. The number of carbonyl (C=O) groups excluding carboxylic acids is 2. The Morgan fingerprint density at radius 3 is 2.29 bits per heavy atom. The van der Waals surface area contributed by atoms with Gasteiger partial charge in [0.15, 0.2) is 5.78 Å². The van der Waals surface area contributed by atoms with E-state index in [2.05, 4.69) is 17.4 Å². The van der Waals surface area contributed by atoms with Crippen LogP contribution in [0.15, 0.2) is 77.1 Å². The third-order valence-corrected chi connectivity index (χ3v) is 6.25. The van der Waals surface area contributed by atoms with Gasteiger partial charge >= 0.3 is 5.97 Å². The molecule has 4 rings (SSSR count). The highest BCUT2D eigenvalue weighted by atomic mass is 16.5. The van der Waals surface area contributed by atoms with Crippen LogP contribution >= 0.6 is 0 Å². The number of anilines is 1. The molecule has 5 nitrogen and oxygen atoms in total. The van der Waals surface area contributed by atoms with E-state index in [1.54, 1.807) is 0 Å². The number of hydrogen-bond donors (Lipinski definition) is 1. The van der Waals surface area contributed by atoms with Gasteiger partial charge in [-0.2, -0.15) is 0 Å². The minimum absolute atomic E-state index is 0.0817. The van der Waals surface area contributed by atoms with Crippen molar-refractivity contribution in [2.45, 2.75) is 31.6 Å². The highest BCUT2D eigenvalue weighted by Gasteiger charge is 2.41. The lowest BCUT2D eigenvalue weighted by atomic mass is 9.71. The van der Waals surface area contributed by atoms with Crippen molar-refractivity contribution in [3.8, 4) is 0 Å². The van der Waals surface area contributed by atoms with E-state index >= 15 is 0 Å². The van der Waals surface area contributed by atoms with Crippen LogP contribution in [0, 0.1) is 0 Å². The van der Waals surface area contributed by atoms with Gasteiger partial charge in [0, 0.05) is 49.1 Å². The van der Waals surface area contributed by atoms with E-state index in [4.69, 9.17) is 4.74 Å². The Kier molecular flexibility index (Phi) is 5.68. The van der Waals surface area contributed by atoms with Gasteiger partial charge in [-0.25, -0.2) is 4.79 Å². The Bertz CT molecular complexity index is 1070. The molecular weight excluding hydrogens is 388 g/mol. The smallest absolute Gasteiger partial charge is 0.336 e. The first kappa shape index (κ1) is 20.9. The van der Waals surface area contributed by atoms with Crippen LogP contribution in [0.3, 0.4) is 0 Å². The number of hydrogen-bond acceptors (Lipinski definition) is 5. The lowest BCUT2D eigenvalue weighted by Crippen LogP contribution is -2.36. The Hall–Kier alpha value is -3.34. The van der Waals surface area contributed by atoms with Crippen LogP contribution in [-0.4, -0.2) is 33.0 Å². The summed E-state index contributed by atoms with van der Waals surface area (Å²) in [4.78, 5) is 28.2. The Balaban J connectivity index is 1.80. The monoisotopic (exact) mass is 416 g/mol. The number of carbonyl (C=O) groups is 2. The number of ether oxygens (including phenoxy) is 1. The maximum absolute atomic E-state index is 13.5. The van der Waals surface area contributed by atoms with Crippen molar-refractivity contribution in [2.24, 2.45) is 0 Å². The number of esters is 1. The third kappa shape index (κ3) is 3.88. The number of rotatable bonds is 4. The standard InChI is InChI=1S/C26H28N2O3/c1-16-23(26(30)31-4)24(18-10-12-20(13-11-18)28(2)3)25-21(27-16)14-19(15-22(25)29)17-8-6-5-7-9-17/h5-13,19,24,27H,14-15H2,1-4H3. The molecule has 1 N–H and O–H groups in total. The largest absolute Gasteiger partial charge is 0.466 e. The van der Waals surface area contributed by atoms with Gasteiger partial charge in [-0.05, 0) is 42.5 Å². The van der Waals surface area contributed by atoms with Crippen molar-refractivity contribution in [3.63, 3.8) is 0 Å². The van der Waals surface area contributed by atoms with E-state index in [1.165, 1.54) is 7.11 Å². The van der Waals surface area contributed by atoms with E-state index in [0.29, 0.717) is 17.6 Å². The van der Waals surface area contributed by atoms with Crippen LogP contribution in [-0.2, 0) is 14.3 Å². The summed E-state index contributed by atoms with van der Waals surface area (Å²) >= 11 is 0. The lowest BCUT2D eigenvalue weighted by Gasteiger charge is -2.36. The molecule has 0 spiro atoms. The maximum Gasteiger partial charge on any atom is 0.336 e. The van der Waals surface area contributed by atoms with Crippen LogP contribution in [0.4, 0.5) is 5.69 Å². The van der Waals surface area contributed by atoms with Gasteiger partial charge in [0.2, 0.25) is 0 Å². The summed E-state index contributed by atoms with van der Waals surface area (Å²) in [5.41, 5.74) is 6.00. The average molecular weight is 417 g/mol. The van der Waals surface area contributed by atoms with Crippen molar-refractivity contribution >= 4 is 17.4 Å². The number of nitrogens with zero attached hydrogens (tertiary/aromatic N) is 1. The predicted molar refractivity (Wildman–Crippen MR) is 122 cm³/mol. The maximum atomic E-state index is 13.5. The minimum atomic E-state index is -0.427. The molecule has 2 aromatic carbocycles. The van der Waals surface area contributed by atoms with Gasteiger partial charge in [-0.15, -0.1) is 0 Å². The molecule has 2 aromatic rings. The predicted octanol–water partition coefficient (Wildman–Crippen LogP) is 4.29. The van der Waals surface area contributed by atoms with Crippen molar-refractivity contribution in [2.75, 3.05) is 26.1 Å². The summed E-state index contributed by atoms with van der Waals surface area (Å²) in [5, 5.41) is 3.37. The molecule has 0 aromatic heterocycles. The van der Waals surface area contributed by atoms with Gasteiger partial charge in [-0.1, -0.05) is 42.5 Å². The molecule has 2 atom stereocenters. The number of Topliss-reactive ketones (excluding diaryl/α,β-unsaturated/α-hetero) is 1. The van der Waals surface area contributed by atoms with E-state index in [1.807, 2.05) is 68.4 Å². The lowest BCUT2D eigenvalue weighted by molar-refractivity contribution is -0.136. The summed E-state index contributed by atoms with van der Waals surface area (Å²) in [6, 6.07) is 18.2. The Morgan fingerprint density at radius 1 is 1.00 bits per heavy atom. The van der Waals surface area contributed by atoms with Gasteiger partial charge in [0.25, 0.3) is 0 Å². The zero-order valence-corrected chi connectivity index (χ0v) is 18.4. The normalized spacial score (nSPS) is 20.8. The number of allylic oxidation sites excluding steroid dienone is 3. The SMILES string of the molecule is COC(=O)C1=C(C)NC2=C(C(=O)CC(c3ccccc3)C2)C1c1ccc(N(C)C)cc1. The second kappa shape index (κ2) is 8.42. The average Bonchev–Trinajstić information content (AvgIpc) is 2.78. The first-order chi connectivity index (χ1) is 14.9. The molecule has 2 aliphatic rings. The third-order valence-electron chi connectivity index (χ3n) is 6.25. The fourth-order valence-corrected chi connectivity index (χ4v) is 4.68. The van der Waals surface area contributed by atoms with Crippen LogP contribution in [0.2, 0.25) is 0 Å². The molecule has 160 valence electrons. The first-order valence-electron chi connectivity index (χ1n) is 10.5. The molecule has 0 radical (unpaired) electrons. The van der Waals surface area contributed by atoms with E-state index < -0.39 is 11.9 Å². The highest BCUT2D eigenvalue weighted by Crippen LogP contribution is 2.45. The number of benzene rings is 2. The van der Waals surface area contributed by atoms with Crippen molar-refractivity contribution in [1.82, 2.24) is 5.32 Å². The van der Waals surface area contributed by atoms with E-state index in [-0.39, 0.29) is 11.7 Å². The van der Waals surface area contributed by atoms with Crippen molar-refractivity contribution in [3.05, 3.63) is 88.3 Å². The van der Waals surface area contributed by atoms with Crippen LogP contribution in [0.5, 0.6) is 0 Å². The van der Waals surface area contributed by atoms with Crippen LogP contribution in [0.25, 0.3) is 0 Å². The topological polar surface area (TPSA) is 58.6 Å². The molecule has 31 heavy (non-hydrogen) atoms. The van der Waals surface area contributed by atoms with Gasteiger partial charge < -0.3 is 15.0 Å². The zero-order valence-electron chi connectivity index (χ0n) is 18.4. The fraction of sp³-hybridized carbons (Fsp3) is 0.308. The quantitative estimate of drug-likeness (QED) is 0.754. The number of nitrogens with one attached hydrogen (secondary N) is 1. The summed E-state index contributed by atoms with van der Waals surface area (Å²) in [6.45, 7) is 1.88. The summed E-state index contributed by atoms with van der Waals surface area (Å²) < 4.78 is 5.10. The van der Waals surface area contributed by atoms with E-state index in [9.17, 15) is 9.59 Å². The van der Waals surface area contributed by atoms with Crippen LogP contribution in [0.1, 0.15) is 42.7 Å². The molecule has 0 amide bonds. The molecule has 0 saturated heterocycles. The molecule has 5 heteroatoms. The van der Waals surface area contributed by atoms with Gasteiger partial charge in [-0.3, -0.25) is 4.79 Å². The molecule has 1 aliphatic carbocycles. The molecule has 0 fully saturated rings. The first-order valence-corrected chi connectivity index (χ1v) is 10.5. The van der Waals surface area contributed by atoms with Crippen LogP contribution < -0.4 is 10.2 Å². The number of ketones is 1. The fourth-order valence-electron chi connectivity index (χ4n) is 4.68.